The van der Waals surface area contributed by atoms with Crippen molar-refractivity contribution in [2.24, 2.45) is 0 Å². The molecule has 2 rings (SSSR count). The van der Waals surface area contributed by atoms with Crippen LogP contribution in [0.5, 0.6) is 0 Å². The number of carbonyl (C=O) groups is 1. The summed E-state index contributed by atoms with van der Waals surface area (Å²) in [5.41, 5.74) is 2.09. The van der Waals surface area contributed by atoms with E-state index in [0.29, 0.717) is 13.1 Å². The molecule has 0 unspecified atom stereocenters. The van der Waals surface area contributed by atoms with Crippen molar-refractivity contribution < 1.29 is 4.79 Å². The second-order valence-corrected chi connectivity index (χ2v) is 5.06. The van der Waals surface area contributed by atoms with Gasteiger partial charge in [0.25, 0.3) is 0 Å². The SMILES string of the molecule is C=CCNCC(=O)Nc1ccc(N2CCCCC2)cc1. The fourth-order valence-corrected chi connectivity index (χ4v) is 2.40. The summed E-state index contributed by atoms with van der Waals surface area (Å²) in [4.78, 5) is 14.1. The molecule has 20 heavy (non-hydrogen) atoms. The van der Waals surface area contributed by atoms with Gasteiger partial charge in [-0.25, -0.2) is 0 Å². The molecule has 1 aromatic carbocycles. The van der Waals surface area contributed by atoms with Crippen molar-refractivity contribution in [3.8, 4) is 0 Å². The zero-order valence-electron chi connectivity index (χ0n) is 11.9. The molecule has 1 amide bonds. The van der Waals surface area contributed by atoms with E-state index in [1.54, 1.807) is 6.08 Å². The maximum Gasteiger partial charge on any atom is 0.238 e. The third-order valence-electron chi connectivity index (χ3n) is 3.45. The first-order chi connectivity index (χ1) is 9.79. The summed E-state index contributed by atoms with van der Waals surface area (Å²) >= 11 is 0. The highest BCUT2D eigenvalue weighted by atomic mass is 16.1. The number of anilines is 2. The van der Waals surface area contributed by atoms with E-state index in [2.05, 4.69) is 34.2 Å². The Balaban J connectivity index is 1.84. The first-order valence-electron chi connectivity index (χ1n) is 7.26. The van der Waals surface area contributed by atoms with Gasteiger partial charge in [0.15, 0.2) is 0 Å². The van der Waals surface area contributed by atoms with Gasteiger partial charge in [-0.05, 0) is 43.5 Å². The number of piperidine rings is 1. The van der Waals surface area contributed by atoms with Crippen molar-refractivity contribution in [3.63, 3.8) is 0 Å². The molecule has 4 nitrogen and oxygen atoms in total. The Morgan fingerprint density at radius 2 is 1.90 bits per heavy atom. The number of hydrogen-bond donors (Lipinski definition) is 2. The molecular formula is C16H23N3O. The largest absolute Gasteiger partial charge is 0.372 e. The normalized spacial score (nSPS) is 14.9. The first kappa shape index (κ1) is 14.6. The lowest BCUT2D eigenvalue weighted by molar-refractivity contribution is -0.115. The molecule has 0 saturated carbocycles. The molecular weight excluding hydrogens is 250 g/mol. The van der Waals surface area contributed by atoms with E-state index in [9.17, 15) is 4.79 Å². The van der Waals surface area contributed by atoms with Crippen molar-refractivity contribution in [2.45, 2.75) is 19.3 Å². The van der Waals surface area contributed by atoms with Crippen LogP contribution < -0.4 is 15.5 Å². The van der Waals surface area contributed by atoms with E-state index in [-0.39, 0.29) is 5.91 Å². The number of carbonyl (C=O) groups excluding carboxylic acids is 1. The topological polar surface area (TPSA) is 44.4 Å². The zero-order valence-corrected chi connectivity index (χ0v) is 11.9. The third kappa shape index (κ3) is 4.38. The molecule has 0 aliphatic carbocycles. The van der Waals surface area contributed by atoms with Crippen molar-refractivity contribution in [1.82, 2.24) is 5.32 Å². The summed E-state index contributed by atoms with van der Waals surface area (Å²) in [5.74, 6) is -0.0300. The van der Waals surface area contributed by atoms with E-state index >= 15 is 0 Å². The maximum atomic E-state index is 11.7. The van der Waals surface area contributed by atoms with Gasteiger partial charge in [-0.3, -0.25) is 4.79 Å². The molecule has 0 bridgehead atoms. The zero-order chi connectivity index (χ0) is 14.2. The quantitative estimate of drug-likeness (QED) is 0.618. The highest BCUT2D eigenvalue weighted by Crippen LogP contribution is 2.21. The minimum atomic E-state index is -0.0300. The van der Waals surface area contributed by atoms with Crippen LogP contribution in [0.4, 0.5) is 11.4 Å². The molecule has 108 valence electrons. The van der Waals surface area contributed by atoms with Gasteiger partial charge in [0.1, 0.15) is 0 Å². The Morgan fingerprint density at radius 1 is 1.20 bits per heavy atom. The van der Waals surface area contributed by atoms with E-state index in [1.807, 2.05) is 12.1 Å². The van der Waals surface area contributed by atoms with Gasteiger partial charge < -0.3 is 15.5 Å². The molecule has 1 aliphatic heterocycles. The minimum Gasteiger partial charge on any atom is -0.372 e. The molecule has 1 aromatic rings. The van der Waals surface area contributed by atoms with Crippen LogP contribution in [0.2, 0.25) is 0 Å². The summed E-state index contributed by atoms with van der Waals surface area (Å²) in [5, 5.41) is 5.86. The van der Waals surface area contributed by atoms with Crippen LogP contribution in [-0.2, 0) is 4.79 Å². The summed E-state index contributed by atoms with van der Waals surface area (Å²) in [6, 6.07) is 8.10. The number of hydrogen-bond acceptors (Lipinski definition) is 3. The van der Waals surface area contributed by atoms with Gasteiger partial charge in [-0.2, -0.15) is 0 Å². The second kappa shape index (κ2) is 7.70. The minimum absolute atomic E-state index is 0.0300. The summed E-state index contributed by atoms with van der Waals surface area (Å²) in [6.07, 6.45) is 5.62. The molecule has 1 fully saturated rings. The van der Waals surface area contributed by atoms with Crippen molar-refractivity contribution >= 4 is 17.3 Å². The lowest BCUT2D eigenvalue weighted by Crippen LogP contribution is -2.29. The van der Waals surface area contributed by atoms with Gasteiger partial charge in [-0.1, -0.05) is 6.08 Å². The Kier molecular flexibility index (Phi) is 5.62. The molecule has 4 heteroatoms. The fraction of sp³-hybridized carbons (Fsp3) is 0.438. The van der Waals surface area contributed by atoms with Crippen LogP contribution in [0, 0.1) is 0 Å². The van der Waals surface area contributed by atoms with Crippen molar-refractivity contribution in [2.75, 3.05) is 36.4 Å². The van der Waals surface area contributed by atoms with Crippen molar-refractivity contribution in [3.05, 3.63) is 36.9 Å². The number of amides is 1. The molecule has 0 radical (unpaired) electrons. The highest BCUT2D eigenvalue weighted by molar-refractivity contribution is 5.92. The predicted molar refractivity (Wildman–Crippen MR) is 84.2 cm³/mol. The molecule has 1 saturated heterocycles. The van der Waals surface area contributed by atoms with Crippen LogP contribution >= 0.6 is 0 Å². The number of rotatable bonds is 6. The van der Waals surface area contributed by atoms with E-state index in [4.69, 9.17) is 0 Å². The van der Waals surface area contributed by atoms with Crippen LogP contribution in [0.3, 0.4) is 0 Å². The smallest absolute Gasteiger partial charge is 0.238 e. The number of nitrogens with one attached hydrogen (secondary N) is 2. The highest BCUT2D eigenvalue weighted by Gasteiger charge is 2.10. The predicted octanol–water partition coefficient (Wildman–Crippen LogP) is 2.39. The van der Waals surface area contributed by atoms with Gasteiger partial charge in [0, 0.05) is 31.0 Å². The second-order valence-electron chi connectivity index (χ2n) is 5.06. The number of benzene rings is 1. The Morgan fingerprint density at radius 3 is 2.55 bits per heavy atom. The van der Waals surface area contributed by atoms with Gasteiger partial charge in [-0.15, -0.1) is 6.58 Å². The van der Waals surface area contributed by atoms with Gasteiger partial charge in [0.2, 0.25) is 5.91 Å². The molecule has 0 aromatic heterocycles. The Hall–Kier alpha value is -1.81. The average molecular weight is 273 g/mol. The molecule has 1 heterocycles. The molecule has 2 N–H and O–H groups in total. The monoisotopic (exact) mass is 273 g/mol. The standard InChI is InChI=1S/C16H23N3O/c1-2-10-17-13-16(20)18-14-6-8-15(9-7-14)19-11-4-3-5-12-19/h2,6-9,17H,1,3-5,10-13H2,(H,18,20). The lowest BCUT2D eigenvalue weighted by atomic mass is 10.1. The Bertz CT molecular complexity index is 436. The van der Waals surface area contributed by atoms with Gasteiger partial charge >= 0.3 is 0 Å². The summed E-state index contributed by atoms with van der Waals surface area (Å²) < 4.78 is 0. The molecule has 0 spiro atoms. The summed E-state index contributed by atoms with van der Waals surface area (Å²) in [7, 11) is 0. The molecule has 1 aliphatic rings. The Labute approximate surface area is 120 Å². The van der Waals surface area contributed by atoms with E-state index < -0.39 is 0 Å². The van der Waals surface area contributed by atoms with Crippen LogP contribution in [0.25, 0.3) is 0 Å². The van der Waals surface area contributed by atoms with Crippen LogP contribution in [0.15, 0.2) is 36.9 Å². The van der Waals surface area contributed by atoms with E-state index in [1.165, 1.54) is 24.9 Å². The number of nitrogens with zero attached hydrogens (tertiary/aromatic N) is 1. The maximum absolute atomic E-state index is 11.7. The van der Waals surface area contributed by atoms with E-state index in [0.717, 1.165) is 18.8 Å². The van der Waals surface area contributed by atoms with Crippen LogP contribution in [-0.4, -0.2) is 32.1 Å². The average Bonchev–Trinajstić information content (AvgIpc) is 2.49. The lowest BCUT2D eigenvalue weighted by Gasteiger charge is -2.28. The van der Waals surface area contributed by atoms with Gasteiger partial charge in [0.05, 0.1) is 6.54 Å². The third-order valence-corrected chi connectivity index (χ3v) is 3.45. The molecule has 0 atom stereocenters. The fourth-order valence-electron chi connectivity index (χ4n) is 2.40. The van der Waals surface area contributed by atoms with Crippen LogP contribution in [0.1, 0.15) is 19.3 Å². The van der Waals surface area contributed by atoms with Crippen molar-refractivity contribution in [1.29, 1.82) is 0 Å². The summed E-state index contributed by atoms with van der Waals surface area (Å²) in [6.45, 7) is 6.81. The first-order valence-corrected chi connectivity index (χ1v) is 7.26.